The summed E-state index contributed by atoms with van der Waals surface area (Å²) in [5, 5.41) is 2.00. The number of amides is 4. The summed E-state index contributed by atoms with van der Waals surface area (Å²) in [5.74, 6) is 0.574. The topological polar surface area (TPSA) is 341 Å². The van der Waals surface area contributed by atoms with Crippen LogP contribution in [-0.2, 0) is 77.4 Å². The second-order valence-corrected chi connectivity index (χ2v) is 42.3. The van der Waals surface area contributed by atoms with Crippen molar-refractivity contribution >= 4 is 100 Å². The van der Waals surface area contributed by atoms with E-state index in [4.69, 9.17) is 47.9 Å². The third-order valence-corrected chi connectivity index (χ3v) is 32.9. The lowest BCUT2D eigenvalue weighted by atomic mass is 9.82. The Balaban J connectivity index is 0.000000173. The SMILES string of the molecule is COc1ccc2c(O[C@@H]3C[C@H]4C(=O)C[C@]5(C(=O)NS(=O)(=O)C6CC6)C[C@H]5/C=C\CC[C@@H](C)C[C@@H](C)[C@H](CC(=O)OC5C[C@@H]6C[C@@H]6C5)C(=O)N4C3)nc(N3CCOCC3)cc2c1.COc1ccc2c(O[C@@H]3C[C@H]4C(=O)C[C@]5(C(=O)NS(=O)(=O)C6CC6)C[C@H]5/C=C\CC[C@H](C)C[C@@H](C)[C@H](CC(=O)OC5C[C@@H]6C[C@@H]6C5)C(=O)N4C3)nc(N3CCOCC3)cc2c1. The van der Waals surface area contributed by atoms with Gasteiger partial charge in [0.05, 0.1) is 112 Å². The molecule has 20 atom stereocenters. The van der Waals surface area contributed by atoms with Gasteiger partial charge in [0.1, 0.15) is 47.6 Å². The number of esters is 2. The number of benzene rings is 2. The fourth-order valence-corrected chi connectivity index (χ4v) is 24.1. The molecule has 8 saturated carbocycles. The number of carbonyl (C=O) groups excluding carboxylic acids is 8. The van der Waals surface area contributed by atoms with Gasteiger partial charge in [-0.05, 0) is 234 Å². The zero-order valence-electron chi connectivity index (χ0n) is 71.2. The van der Waals surface area contributed by atoms with Crippen LogP contribution in [0.25, 0.3) is 21.5 Å². The van der Waals surface area contributed by atoms with E-state index in [0.717, 1.165) is 72.9 Å². The Morgan fingerprint density at radius 2 is 0.877 bits per heavy atom. The summed E-state index contributed by atoms with van der Waals surface area (Å²) in [5.41, 5.74) is -2.51. The molecule has 2 aromatic heterocycles. The van der Waals surface area contributed by atoms with Gasteiger partial charge in [-0.2, -0.15) is 9.97 Å². The van der Waals surface area contributed by atoms with Gasteiger partial charge >= 0.3 is 11.9 Å². The van der Waals surface area contributed by atoms with E-state index in [-0.39, 0.29) is 135 Å². The molecule has 6 aliphatic heterocycles. The van der Waals surface area contributed by atoms with Crippen LogP contribution in [0.5, 0.6) is 23.3 Å². The second-order valence-electron chi connectivity index (χ2n) is 38.4. The molecule has 0 radical (unpaired) electrons. The molecule has 8 heterocycles. The number of allylic oxidation sites excluding steroid dienone is 4. The van der Waals surface area contributed by atoms with E-state index < -0.39 is 89.3 Å². The van der Waals surface area contributed by atoms with Crippen LogP contribution >= 0.6 is 0 Å². The molecule has 2 N–H and O–H groups in total. The van der Waals surface area contributed by atoms with Crippen molar-refractivity contribution in [1.29, 1.82) is 0 Å². The monoisotopic (exact) mass is 1720 g/mol. The van der Waals surface area contributed by atoms with Crippen LogP contribution < -0.4 is 38.2 Å². The first-order valence-electron chi connectivity index (χ1n) is 45.1. The van der Waals surface area contributed by atoms with Gasteiger partial charge in [0.25, 0.3) is 0 Å². The number of aromatic nitrogens is 2. The number of fused-ring (bicyclic) bond motifs is 8. The average molecular weight is 1720 g/mol. The predicted octanol–water partition coefficient (Wildman–Crippen LogP) is 10.7. The molecular formula is C92H120N8O20S2. The van der Waals surface area contributed by atoms with E-state index in [2.05, 4.69) is 33.1 Å². The highest BCUT2D eigenvalue weighted by atomic mass is 32.2. The first kappa shape index (κ1) is 85.7. The molecular weight excluding hydrogens is 1600 g/mol. The number of Topliss-reactive ketones (excluding diaryl/α,β-unsaturated/α-hetero) is 2. The van der Waals surface area contributed by atoms with Gasteiger partial charge < -0.3 is 57.5 Å². The number of hydrogen-bond acceptors (Lipinski definition) is 24. The molecule has 12 fully saturated rings. The number of ketones is 2. The Kier molecular flexibility index (Phi) is 24.7. The lowest BCUT2D eigenvalue weighted by Gasteiger charge is -2.32. The molecule has 28 nitrogen and oxygen atoms in total. The van der Waals surface area contributed by atoms with Crippen LogP contribution in [0.1, 0.15) is 182 Å². The van der Waals surface area contributed by atoms with Crippen LogP contribution in [0.15, 0.2) is 72.8 Å². The number of nitrogens with one attached hydrogen (secondary N) is 2. The van der Waals surface area contributed by atoms with Crippen molar-refractivity contribution in [3.63, 3.8) is 0 Å². The molecule has 8 aliphatic carbocycles. The fraction of sp³-hybridized carbons (Fsp3) is 0.674. The van der Waals surface area contributed by atoms with Gasteiger partial charge in [0.15, 0.2) is 11.6 Å². The number of sulfonamides is 2. The number of nitrogens with zero attached hydrogens (tertiary/aromatic N) is 6. The molecule has 4 aromatic rings. The van der Waals surface area contributed by atoms with E-state index in [0.29, 0.717) is 163 Å². The van der Waals surface area contributed by atoms with E-state index in [1.165, 1.54) is 12.8 Å². The molecule has 2 unspecified atom stereocenters. The van der Waals surface area contributed by atoms with E-state index in [9.17, 15) is 45.6 Å². The Morgan fingerprint density at radius 1 is 0.492 bits per heavy atom. The first-order valence-corrected chi connectivity index (χ1v) is 48.2. The van der Waals surface area contributed by atoms with Crippen molar-refractivity contribution in [1.82, 2.24) is 29.2 Å². The first-order chi connectivity index (χ1) is 58.6. The molecule has 14 aliphatic rings. The van der Waals surface area contributed by atoms with E-state index >= 15 is 9.59 Å². The number of hydrogen-bond donors (Lipinski definition) is 2. The van der Waals surface area contributed by atoms with Crippen molar-refractivity contribution in [3.05, 3.63) is 72.8 Å². The molecule has 0 bridgehead atoms. The Labute approximate surface area is 715 Å². The maximum Gasteiger partial charge on any atom is 0.306 e. The fourth-order valence-electron chi connectivity index (χ4n) is 21.3. The molecule has 4 saturated heterocycles. The summed E-state index contributed by atoms with van der Waals surface area (Å²) in [6.45, 7) is 13.3. The van der Waals surface area contributed by atoms with Crippen molar-refractivity contribution in [2.75, 3.05) is 89.7 Å². The normalized spacial score (nSPS) is 34.6. The molecule has 0 spiro atoms. The van der Waals surface area contributed by atoms with Gasteiger partial charge in [0, 0.05) is 62.6 Å². The number of anilines is 2. The second kappa shape index (κ2) is 35.2. The van der Waals surface area contributed by atoms with Gasteiger partial charge in [0.2, 0.25) is 55.4 Å². The lowest BCUT2D eigenvalue weighted by molar-refractivity contribution is -0.155. The summed E-state index contributed by atoms with van der Waals surface area (Å²) >= 11 is 0. The summed E-state index contributed by atoms with van der Waals surface area (Å²) in [4.78, 5) is 133. The van der Waals surface area contributed by atoms with Crippen molar-refractivity contribution in [3.8, 4) is 23.3 Å². The number of rotatable bonds is 20. The summed E-state index contributed by atoms with van der Waals surface area (Å²) < 4.78 is 105. The van der Waals surface area contributed by atoms with Crippen molar-refractivity contribution < 1.29 is 93.1 Å². The molecule has 2 aromatic carbocycles. The highest BCUT2D eigenvalue weighted by molar-refractivity contribution is 7.91. The third-order valence-electron chi connectivity index (χ3n) is 29.3. The summed E-state index contributed by atoms with van der Waals surface area (Å²) in [6.07, 6.45) is 19.1. The van der Waals surface area contributed by atoms with E-state index in [1.807, 2.05) is 86.7 Å². The van der Waals surface area contributed by atoms with Crippen LogP contribution in [0.4, 0.5) is 11.6 Å². The molecule has 4 amide bonds. The Morgan fingerprint density at radius 3 is 1.25 bits per heavy atom. The number of carbonyl (C=O) groups is 8. The molecule has 122 heavy (non-hydrogen) atoms. The zero-order chi connectivity index (χ0) is 85.3. The van der Waals surface area contributed by atoms with Crippen LogP contribution in [0.3, 0.4) is 0 Å². The minimum atomic E-state index is -3.86. The van der Waals surface area contributed by atoms with Crippen molar-refractivity contribution in [2.45, 2.75) is 229 Å². The van der Waals surface area contributed by atoms with Gasteiger partial charge in [-0.3, -0.25) is 47.8 Å². The molecule has 30 heteroatoms. The standard InChI is InChI=1S/2C46H60N4O10S/c2*1-27-6-4-5-7-32-24-46(32,45(54)48-61(55,56)36-9-10-36)25-40(51)39-22-35(26-50(39)44(53)38(28(2)16-27)23-42(52)59-34-18-29-17-30(29)19-34)60-43-37-11-8-33(57-3)20-31(37)21-41(47-43)49-12-14-58-15-13-49/h2*5,7-8,11,20-21,27-30,32,34-36,38-39H,4,6,9-10,12-19,22-26H2,1-3H3,(H,48,54)/b2*7-5-/t27-,28+,29-,30+,32+,34?,35+,38-,39-,46+;27-,28-,29-,30+,32-,34?,35-,38+,39+,46-/m01/s1. The maximum absolute atomic E-state index is 15.2. The average Bonchev–Trinajstić information content (AvgIpc) is 1.58. The summed E-state index contributed by atoms with van der Waals surface area (Å²) in [6, 6.07) is 13.4. The minimum absolute atomic E-state index is 0.0642. The predicted molar refractivity (Wildman–Crippen MR) is 452 cm³/mol. The lowest BCUT2D eigenvalue weighted by Crippen LogP contribution is -2.47. The highest BCUT2D eigenvalue weighted by Gasteiger charge is 2.64. The number of ether oxygens (including phenoxy) is 8. The number of morpholine rings is 2. The summed E-state index contributed by atoms with van der Waals surface area (Å²) in [7, 11) is -4.50. The van der Waals surface area contributed by atoms with Gasteiger partial charge in [-0.15, -0.1) is 0 Å². The number of methoxy groups -OCH3 is 2. The smallest absolute Gasteiger partial charge is 0.306 e. The number of pyridine rings is 2. The van der Waals surface area contributed by atoms with Crippen LogP contribution in [0, 0.1) is 81.8 Å². The van der Waals surface area contributed by atoms with E-state index in [1.54, 1.807) is 24.0 Å². The van der Waals surface area contributed by atoms with Gasteiger partial charge in [-0.25, -0.2) is 16.8 Å². The Hall–Kier alpha value is -8.48. The molecule has 660 valence electrons. The minimum Gasteiger partial charge on any atom is -0.497 e. The zero-order valence-corrected chi connectivity index (χ0v) is 72.8. The highest BCUT2D eigenvalue weighted by Crippen LogP contribution is 2.60. The Bertz CT molecular complexity index is 4660. The van der Waals surface area contributed by atoms with Crippen LogP contribution in [-0.4, -0.2) is 211 Å². The third kappa shape index (κ3) is 19.0. The molecule has 18 rings (SSSR count). The maximum atomic E-state index is 15.2. The quantitative estimate of drug-likeness (QED) is 0.0613. The largest absolute Gasteiger partial charge is 0.497 e. The van der Waals surface area contributed by atoms with Crippen molar-refractivity contribution in [2.24, 2.45) is 81.8 Å². The van der Waals surface area contributed by atoms with Crippen LogP contribution in [0.2, 0.25) is 0 Å². The van der Waals surface area contributed by atoms with Gasteiger partial charge in [-0.1, -0.05) is 52.0 Å².